The number of β-amino-alcohol motifs (C(OH)–C–C–N with tert-alkyl or cyclic N) is 1. The highest BCUT2D eigenvalue weighted by atomic mass is 32.2. The van der Waals surface area contributed by atoms with Gasteiger partial charge in [0.2, 0.25) is 0 Å². The Labute approximate surface area is 224 Å². The van der Waals surface area contributed by atoms with E-state index in [-0.39, 0.29) is 30.5 Å². The van der Waals surface area contributed by atoms with Gasteiger partial charge >= 0.3 is 6.18 Å². The first-order valence-corrected chi connectivity index (χ1v) is 14.0. The van der Waals surface area contributed by atoms with Crippen LogP contribution in [0.25, 0.3) is 5.57 Å². The average molecular weight is 564 g/mol. The third kappa shape index (κ3) is 5.20. The summed E-state index contributed by atoms with van der Waals surface area (Å²) in [7, 11) is -4.53. The maximum atomic E-state index is 14.9. The number of carbonyl (C=O) groups excluding carboxylic acids is 1. The number of hydrogen-bond donors (Lipinski definition) is 2. The number of sulfonamides is 1. The molecule has 1 aliphatic heterocycles. The Hall–Kier alpha value is -3.22. The highest BCUT2D eigenvalue weighted by molar-refractivity contribution is 7.90. The van der Waals surface area contributed by atoms with Crippen LogP contribution in [0.4, 0.5) is 19.0 Å². The van der Waals surface area contributed by atoms with Gasteiger partial charge in [-0.05, 0) is 43.9 Å². The third-order valence-electron chi connectivity index (χ3n) is 7.23. The summed E-state index contributed by atoms with van der Waals surface area (Å²) >= 11 is 0. The molecule has 1 unspecified atom stereocenters. The van der Waals surface area contributed by atoms with Gasteiger partial charge in [0.15, 0.2) is 10.6 Å². The van der Waals surface area contributed by atoms with Crippen LogP contribution in [0, 0.1) is 0 Å². The van der Waals surface area contributed by atoms with Gasteiger partial charge in [-0.15, -0.1) is 0 Å². The molecule has 2 N–H and O–H groups in total. The molecule has 2 fully saturated rings. The fourth-order valence-electron chi connectivity index (χ4n) is 5.03. The summed E-state index contributed by atoms with van der Waals surface area (Å²) in [4.78, 5) is 19.1. The van der Waals surface area contributed by atoms with E-state index in [2.05, 4.69) is 4.98 Å². The Morgan fingerprint density at radius 3 is 2.46 bits per heavy atom. The van der Waals surface area contributed by atoms with E-state index >= 15 is 0 Å². The number of allylic oxidation sites excluding steroid dienone is 2. The Kier molecular flexibility index (Phi) is 6.84. The minimum absolute atomic E-state index is 0.0733. The number of aliphatic hydroxyl groups is 1. The summed E-state index contributed by atoms with van der Waals surface area (Å²) < 4.78 is 78.5. The second-order valence-electron chi connectivity index (χ2n) is 10.2. The molecule has 2 aliphatic carbocycles. The maximum absolute atomic E-state index is 14.9. The van der Waals surface area contributed by atoms with Crippen LogP contribution in [0.3, 0.4) is 0 Å². The van der Waals surface area contributed by atoms with Crippen molar-refractivity contribution in [2.45, 2.75) is 61.1 Å². The summed E-state index contributed by atoms with van der Waals surface area (Å²) in [6.45, 7) is 2.31. The van der Waals surface area contributed by atoms with E-state index in [0.717, 1.165) is 0 Å². The number of halogens is 3. The molecule has 2 atom stereocenters. The number of pyridine rings is 1. The highest BCUT2D eigenvalue weighted by Gasteiger charge is 2.66. The van der Waals surface area contributed by atoms with Gasteiger partial charge in [-0.3, -0.25) is 4.79 Å². The number of anilines is 1. The first-order chi connectivity index (χ1) is 18.4. The molecule has 1 amide bonds. The number of hydrogen-bond acceptors (Lipinski definition) is 7. The first-order valence-electron chi connectivity index (χ1n) is 12.5. The summed E-state index contributed by atoms with van der Waals surface area (Å²) in [5, 5.41) is 9.32. The molecule has 208 valence electrons. The van der Waals surface area contributed by atoms with Crippen LogP contribution < -0.4 is 9.62 Å². The summed E-state index contributed by atoms with van der Waals surface area (Å²) in [6, 6.07) is 12.2. The minimum Gasteiger partial charge on any atom is -0.391 e. The lowest BCUT2D eigenvalue weighted by atomic mass is 9.78. The summed E-state index contributed by atoms with van der Waals surface area (Å²) in [5.41, 5.74) is -4.28. The molecule has 0 spiro atoms. The van der Waals surface area contributed by atoms with Gasteiger partial charge in [0.1, 0.15) is 11.4 Å². The van der Waals surface area contributed by atoms with Crippen LogP contribution >= 0.6 is 0 Å². The van der Waals surface area contributed by atoms with Gasteiger partial charge in [-0.1, -0.05) is 54.1 Å². The molecule has 1 aromatic heterocycles. The molecule has 1 saturated heterocycles. The third-order valence-corrected chi connectivity index (χ3v) is 8.46. The standard InChI is InChI=1S/C27H28F3N3O5S/c1-18-10-11-21(19-6-3-2-4-7-19)26(16-18,27(28,29)30)38-25(13-14-25)24(35)32-39(36,37)23-9-5-8-22(31-23)33-15-12-20(34)17-33/h2-11,20,34H,12-17H2,1H3,(H,32,35)/t20?,26-/m0/s1. The molecule has 12 heteroatoms. The SMILES string of the molecule is CC1=CC=C(c2ccccc2)[C@](OC2(C(=O)NS(=O)(=O)c3cccc(N4CCC(O)C4)n3)CC2)(C(F)(F)F)C1. The zero-order valence-corrected chi connectivity index (χ0v) is 21.9. The molecular formula is C27H28F3N3O5S. The van der Waals surface area contributed by atoms with Crippen LogP contribution in [0.15, 0.2) is 71.3 Å². The second kappa shape index (κ2) is 9.76. The van der Waals surface area contributed by atoms with Crippen LogP contribution in [0.5, 0.6) is 0 Å². The molecule has 39 heavy (non-hydrogen) atoms. The number of carbonyl (C=O) groups is 1. The molecule has 5 rings (SSSR count). The second-order valence-corrected chi connectivity index (χ2v) is 11.8. The van der Waals surface area contributed by atoms with Gasteiger partial charge in [-0.25, -0.2) is 9.71 Å². The largest absolute Gasteiger partial charge is 0.422 e. The molecule has 2 heterocycles. The highest BCUT2D eigenvalue weighted by Crippen LogP contribution is 2.55. The van der Waals surface area contributed by atoms with Crippen molar-refractivity contribution in [3.63, 3.8) is 0 Å². The summed E-state index contributed by atoms with van der Waals surface area (Å²) in [5.74, 6) is -0.869. The van der Waals surface area contributed by atoms with E-state index in [0.29, 0.717) is 24.4 Å². The monoisotopic (exact) mass is 563 g/mol. The number of aromatic nitrogens is 1. The molecule has 0 radical (unpaired) electrons. The number of aliphatic hydroxyl groups excluding tert-OH is 1. The predicted molar refractivity (Wildman–Crippen MR) is 137 cm³/mol. The van der Waals surface area contributed by atoms with E-state index in [1.165, 1.54) is 30.3 Å². The maximum Gasteiger partial charge on any atom is 0.422 e. The van der Waals surface area contributed by atoms with Gasteiger partial charge in [-0.2, -0.15) is 21.6 Å². The molecule has 1 aromatic carbocycles. The number of rotatable bonds is 7. The fraction of sp³-hybridized carbons (Fsp3) is 0.407. The van der Waals surface area contributed by atoms with Crippen molar-refractivity contribution >= 4 is 27.3 Å². The van der Waals surface area contributed by atoms with Crippen molar-refractivity contribution in [3.8, 4) is 0 Å². The topological polar surface area (TPSA) is 109 Å². The van der Waals surface area contributed by atoms with Crippen LogP contribution in [-0.4, -0.2) is 61.0 Å². The number of benzene rings is 1. The van der Waals surface area contributed by atoms with Crippen molar-refractivity contribution in [2.75, 3.05) is 18.0 Å². The van der Waals surface area contributed by atoms with E-state index in [1.54, 1.807) is 42.2 Å². The number of nitrogens with zero attached hydrogens (tertiary/aromatic N) is 2. The van der Waals surface area contributed by atoms with E-state index < -0.39 is 50.9 Å². The lowest BCUT2D eigenvalue weighted by Crippen LogP contribution is -2.55. The Morgan fingerprint density at radius 2 is 1.85 bits per heavy atom. The molecule has 3 aliphatic rings. The number of alkyl halides is 3. The first kappa shape index (κ1) is 27.4. The van der Waals surface area contributed by atoms with Gasteiger partial charge in [0.25, 0.3) is 15.9 Å². The van der Waals surface area contributed by atoms with Crippen molar-refractivity contribution in [2.24, 2.45) is 0 Å². The number of ether oxygens (including phenoxy) is 1. The van der Waals surface area contributed by atoms with Crippen molar-refractivity contribution in [1.82, 2.24) is 9.71 Å². The Bertz CT molecular complexity index is 1440. The van der Waals surface area contributed by atoms with Crippen molar-refractivity contribution < 1.29 is 36.2 Å². The number of amides is 1. The average Bonchev–Trinajstić information content (AvgIpc) is 3.54. The smallest absolute Gasteiger partial charge is 0.391 e. The zero-order valence-electron chi connectivity index (χ0n) is 21.1. The van der Waals surface area contributed by atoms with Crippen LogP contribution in [0.1, 0.15) is 38.2 Å². The van der Waals surface area contributed by atoms with E-state index in [1.807, 2.05) is 4.72 Å². The van der Waals surface area contributed by atoms with E-state index in [4.69, 9.17) is 4.74 Å². The van der Waals surface area contributed by atoms with Gasteiger partial charge in [0.05, 0.1) is 6.10 Å². The molecular weight excluding hydrogens is 535 g/mol. The zero-order chi connectivity index (χ0) is 28.1. The molecule has 1 saturated carbocycles. The quantitative estimate of drug-likeness (QED) is 0.528. The Morgan fingerprint density at radius 1 is 1.13 bits per heavy atom. The molecule has 8 nitrogen and oxygen atoms in total. The van der Waals surface area contributed by atoms with Crippen molar-refractivity contribution in [3.05, 3.63) is 71.8 Å². The normalized spacial score (nSPS) is 24.6. The molecule has 0 bridgehead atoms. The van der Waals surface area contributed by atoms with Crippen LogP contribution in [0.2, 0.25) is 0 Å². The molecule has 2 aromatic rings. The Balaban J connectivity index is 1.43. The van der Waals surface area contributed by atoms with Crippen LogP contribution in [-0.2, 0) is 19.6 Å². The predicted octanol–water partition coefficient (Wildman–Crippen LogP) is 3.74. The lowest BCUT2D eigenvalue weighted by Gasteiger charge is -2.42. The lowest BCUT2D eigenvalue weighted by molar-refractivity contribution is -0.267. The van der Waals surface area contributed by atoms with Gasteiger partial charge in [0, 0.05) is 25.1 Å². The van der Waals surface area contributed by atoms with Gasteiger partial charge < -0.3 is 14.7 Å². The number of nitrogens with one attached hydrogen (secondary N) is 1. The van der Waals surface area contributed by atoms with Crippen molar-refractivity contribution in [1.29, 1.82) is 0 Å². The van der Waals surface area contributed by atoms with E-state index in [9.17, 15) is 31.5 Å². The summed E-state index contributed by atoms with van der Waals surface area (Å²) in [6.07, 6.45) is -2.72. The fourth-order valence-corrected chi connectivity index (χ4v) is 6.03. The minimum atomic E-state index is -4.91.